The maximum atomic E-state index is 12.9. The van der Waals surface area contributed by atoms with E-state index in [9.17, 15) is 26.4 Å². The van der Waals surface area contributed by atoms with E-state index >= 15 is 0 Å². The van der Waals surface area contributed by atoms with Crippen molar-refractivity contribution in [3.63, 3.8) is 0 Å². The van der Waals surface area contributed by atoms with Gasteiger partial charge in [-0.15, -0.1) is 0 Å². The molecule has 0 aliphatic rings. The van der Waals surface area contributed by atoms with E-state index in [4.69, 9.17) is 0 Å². The smallest absolute Gasteiger partial charge is 0.350 e. The van der Waals surface area contributed by atoms with Crippen LogP contribution >= 0.6 is 0 Å². The largest absolute Gasteiger partial charge is 0.416 e. The normalized spacial score (nSPS) is 12.9. The molecular formula is C24H24F3N3O3S. The molecule has 0 aliphatic heterocycles. The molecule has 0 radical (unpaired) electrons. The second kappa shape index (κ2) is 10.3. The second-order valence-corrected chi connectivity index (χ2v) is 9.49. The van der Waals surface area contributed by atoms with Crippen LogP contribution in [0.3, 0.4) is 0 Å². The first-order valence-corrected chi connectivity index (χ1v) is 11.8. The van der Waals surface area contributed by atoms with Crippen LogP contribution in [0.4, 0.5) is 18.9 Å². The Morgan fingerprint density at radius 3 is 2.18 bits per heavy atom. The molecule has 1 atom stereocenters. The number of nitrogens with zero attached hydrogens (tertiary/aromatic N) is 1. The average Bonchev–Trinajstić information content (AvgIpc) is 2.79. The minimum atomic E-state index is -4.59. The molecule has 1 unspecified atom stereocenters. The molecule has 0 aliphatic carbocycles. The summed E-state index contributed by atoms with van der Waals surface area (Å²) in [5.74, 6) is -0.377. The lowest BCUT2D eigenvalue weighted by Gasteiger charge is -2.25. The fourth-order valence-electron chi connectivity index (χ4n) is 3.32. The average molecular weight is 492 g/mol. The van der Waals surface area contributed by atoms with E-state index in [1.807, 2.05) is 49.3 Å². The van der Waals surface area contributed by atoms with Crippen molar-refractivity contribution in [3.8, 4) is 0 Å². The summed E-state index contributed by atoms with van der Waals surface area (Å²) in [7, 11) is -0.339. The van der Waals surface area contributed by atoms with Crippen molar-refractivity contribution in [2.45, 2.75) is 17.1 Å². The highest BCUT2D eigenvalue weighted by atomic mass is 32.2. The lowest BCUT2D eigenvalue weighted by Crippen LogP contribution is -2.34. The van der Waals surface area contributed by atoms with Gasteiger partial charge in [0.05, 0.1) is 16.5 Å². The van der Waals surface area contributed by atoms with Gasteiger partial charge in [0.15, 0.2) is 0 Å². The van der Waals surface area contributed by atoms with Crippen LogP contribution < -0.4 is 10.0 Å². The zero-order valence-corrected chi connectivity index (χ0v) is 19.3. The lowest BCUT2D eigenvalue weighted by atomic mass is 10.1. The molecule has 2 N–H and O–H groups in total. The Morgan fingerprint density at radius 2 is 1.59 bits per heavy atom. The molecule has 1 amide bonds. The molecule has 10 heteroatoms. The summed E-state index contributed by atoms with van der Waals surface area (Å²) in [6, 6.07) is 18.7. The molecule has 34 heavy (non-hydrogen) atoms. The summed E-state index contributed by atoms with van der Waals surface area (Å²) >= 11 is 0. The van der Waals surface area contributed by atoms with Gasteiger partial charge in [-0.1, -0.05) is 36.4 Å². The number of carbonyl (C=O) groups excluding carboxylic acids is 1. The Labute approximate surface area is 196 Å². The minimum absolute atomic E-state index is 0.0542. The summed E-state index contributed by atoms with van der Waals surface area (Å²) in [6.07, 6.45) is -4.59. The number of carbonyl (C=O) groups is 1. The molecule has 0 bridgehead atoms. The van der Waals surface area contributed by atoms with Crippen molar-refractivity contribution in [2.75, 3.05) is 25.4 Å². The number of likely N-dealkylation sites (N-methyl/N-ethyl adjacent to an activating group) is 1. The number of hydrogen-bond donors (Lipinski definition) is 2. The molecule has 180 valence electrons. The van der Waals surface area contributed by atoms with Crippen LogP contribution in [0.1, 0.15) is 27.5 Å². The van der Waals surface area contributed by atoms with Gasteiger partial charge in [0.2, 0.25) is 0 Å². The van der Waals surface area contributed by atoms with Crippen molar-refractivity contribution in [1.29, 1.82) is 0 Å². The zero-order chi connectivity index (χ0) is 24.9. The van der Waals surface area contributed by atoms with Crippen LogP contribution in [0.5, 0.6) is 0 Å². The summed E-state index contributed by atoms with van der Waals surface area (Å²) in [6.45, 7) is 0.340. The molecule has 0 saturated carbocycles. The molecule has 3 rings (SSSR count). The third kappa shape index (κ3) is 6.36. The van der Waals surface area contributed by atoms with Crippen LogP contribution in [0.2, 0.25) is 0 Å². The highest BCUT2D eigenvalue weighted by molar-refractivity contribution is 7.92. The first kappa shape index (κ1) is 25.3. The highest BCUT2D eigenvalue weighted by Gasteiger charge is 2.30. The molecule has 3 aromatic rings. The fourth-order valence-corrected chi connectivity index (χ4v) is 4.37. The maximum absolute atomic E-state index is 12.9. The number of benzene rings is 3. The Balaban J connectivity index is 1.68. The van der Waals surface area contributed by atoms with Gasteiger partial charge >= 0.3 is 6.18 Å². The monoisotopic (exact) mass is 491 g/mol. The van der Waals surface area contributed by atoms with Gasteiger partial charge in [0.1, 0.15) is 0 Å². The Hall–Kier alpha value is -3.37. The number of amides is 1. The van der Waals surface area contributed by atoms with Gasteiger partial charge in [0, 0.05) is 17.8 Å². The SMILES string of the molecule is CN(C)C(CNC(=O)c1ccc(S(=O)(=O)Nc2cccc(C(F)(F)F)c2)cc1)c1ccccc1. The van der Waals surface area contributed by atoms with Gasteiger partial charge in [0.25, 0.3) is 15.9 Å². The molecule has 0 aromatic heterocycles. The second-order valence-electron chi connectivity index (χ2n) is 7.81. The highest BCUT2D eigenvalue weighted by Crippen LogP contribution is 2.31. The molecular weight excluding hydrogens is 467 g/mol. The van der Waals surface area contributed by atoms with Crippen LogP contribution in [-0.4, -0.2) is 39.9 Å². The zero-order valence-electron chi connectivity index (χ0n) is 18.5. The number of sulfonamides is 1. The number of anilines is 1. The summed E-state index contributed by atoms with van der Waals surface area (Å²) < 4.78 is 66.0. The number of alkyl halides is 3. The molecule has 0 fully saturated rings. The van der Waals surface area contributed by atoms with Gasteiger partial charge < -0.3 is 10.2 Å². The van der Waals surface area contributed by atoms with Crippen LogP contribution in [0.15, 0.2) is 83.8 Å². The van der Waals surface area contributed by atoms with E-state index in [1.54, 1.807) is 0 Å². The number of rotatable bonds is 8. The van der Waals surface area contributed by atoms with E-state index in [2.05, 4.69) is 10.0 Å². The Bertz CT molecular complexity index is 1230. The van der Waals surface area contributed by atoms with Crippen molar-refractivity contribution < 1.29 is 26.4 Å². The van der Waals surface area contributed by atoms with E-state index in [0.717, 1.165) is 17.7 Å². The summed E-state index contributed by atoms with van der Waals surface area (Å²) in [5.41, 5.74) is 0.108. The van der Waals surface area contributed by atoms with Gasteiger partial charge in [-0.2, -0.15) is 13.2 Å². The quantitative estimate of drug-likeness (QED) is 0.485. The topological polar surface area (TPSA) is 78.5 Å². The lowest BCUT2D eigenvalue weighted by molar-refractivity contribution is -0.137. The molecule has 0 saturated heterocycles. The fraction of sp³-hybridized carbons (Fsp3) is 0.208. The molecule has 0 spiro atoms. The predicted octanol–water partition coefficient (Wildman–Crippen LogP) is 4.54. The summed E-state index contributed by atoms with van der Waals surface area (Å²) in [4.78, 5) is 14.4. The number of hydrogen-bond acceptors (Lipinski definition) is 4. The van der Waals surface area contributed by atoms with E-state index in [1.165, 1.54) is 30.3 Å². The number of nitrogens with one attached hydrogen (secondary N) is 2. The van der Waals surface area contributed by atoms with Gasteiger partial charge in [-0.3, -0.25) is 9.52 Å². The third-order valence-electron chi connectivity index (χ3n) is 5.13. The maximum Gasteiger partial charge on any atom is 0.416 e. The molecule has 6 nitrogen and oxygen atoms in total. The molecule has 0 heterocycles. The minimum Gasteiger partial charge on any atom is -0.350 e. The summed E-state index contributed by atoms with van der Waals surface area (Å²) in [5, 5.41) is 2.85. The predicted molar refractivity (Wildman–Crippen MR) is 124 cm³/mol. The van der Waals surface area contributed by atoms with E-state index in [0.29, 0.717) is 12.6 Å². The van der Waals surface area contributed by atoms with Crippen LogP contribution in [0, 0.1) is 0 Å². The standard InChI is InChI=1S/C24H24F3N3O3S/c1-30(2)22(17-7-4-3-5-8-17)16-28-23(31)18-11-13-21(14-12-18)34(32,33)29-20-10-6-9-19(15-20)24(25,26)27/h3-15,22,29H,16H2,1-2H3,(H,28,31). The first-order chi connectivity index (χ1) is 16.0. The number of halogens is 3. The van der Waals surface area contributed by atoms with Crippen LogP contribution in [0.25, 0.3) is 0 Å². The van der Waals surface area contributed by atoms with Crippen molar-refractivity contribution in [1.82, 2.24) is 10.2 Å². The van der Waals surface area contributed by atoms with Crippen molar-refractivity contribution in [2.24, 2.45) is 0 Å². The van der Waals surface area contributed by atoms with E-state index in [-0.39, 0.29) is 28.1 Å². The van der Waals surface area contributed by atoms with Gasteiger partial charge in [-0.05, 0) is 62.1 Å². The van der Waals surface area contributed by atoms with Gasteiger partial charge in [-0.25, -0.2) is 8.42 Å². The van der Waals surface area contributed by atoms with Crippen molar-refractivity contribution in [3.05, 3.63) is 95.6 Å². The van der Waals surface area contributed by atoms with Crippen molar-refractivity contribution >= 4 is 21.6 Å². The Kier molecular flexibility index (Phi) is 7.63. The third-order valence-corrected chi connectivity index (χ3v) is 6.53. The molecule has 3 aromatic carbocycles. The Morgan fingerprint density at radius 1 is 0.941 bits per heavy atom. The van der Waals surface area contributed by atoms with Crippen LogP contribution in [-0.2, 0) is 16.2 Å². The first-order valence-electron chi connectivity index (χ1n) is 10.3. The van der Waals surface area contributed by atoms with E-state index < -0.39 is 21.8 Å².